The number of carbonyl (C=O) groups excluding carboxylic acids is 1. The van der Waals surface area contributed by atoms with E-state index in [1.165, 1.54) is 25.1 Å². The maximum absolute atomic E-state index is 11.7. The molecular weight excluding hydrogens is 244 g/mol. The summed E-state index contributed by atoms with van der Waals surface area (Å²) in [4.78, 5) is 11.7. The second kappa shape index (κ2) is 5.35. The number of nitrogens with two attached hydrogens (primary N) is 1. The van der Waals surface area contributed by atoms with E-state index in [9.17, 15) is 9.90 Å². The van der Waals surface area contributed by atoms with Crippen LogP contribution in [0.5, 0.6) is 0 Å². The molecule has 0 aliphatic carbocycles. The van der Waals surface area contributed by atoms with Gasteiger partial charge in [0.15, 0.2) is 0 Å². The highest BCUT2D eigenvalue weighted by atomic mass is 35.5. The first kappa shape index (κ1) is 13.8. The molecule has 17 heavy (non-hydrogen) atoms. The number of aliphatic hydroxyl groups excluding tert-OH is 1. The quantitative estimate of drug-likeness (QED) is 0.588. The molecule has 0 aromatic heterocycles. The molecule has 0 heterocycles. The van der Waals surface area contributed by atoms with Gasteiger partial charge in [0.2, 0.25) is 0 Å². The fraction of sp³-hybridized carbons (Fsp3) is 0.364. The Bertz CT molecular complexity index is 401. The van der Waals surface area contributed by atoms with Gasteiger partial charge in [0.1, 0.15) is 5.60 Å². The Morgan fingerprint density at radius 2 is 2.18 bits per heavy atom. The Morgan fingerprint density at radius 3 is 2.71 bits per heavy atom. The number of nitrogens with one attached hydrogen (secondary N) is 1. The topological polar surface area (TPSA) is 95.6 Å². The largest absolute Gasteiger partial charge is 0.399 e. The first-order valence-corrected chi connectivity index (χ1v) is 5.39. The van der Waals surface area contributed by atoms with Crippen LogP contribution < -0.4 is 11.1 Å². The molecule has 1 atom stereocenters. The molecule has 1 aromatic carbocycles. The summed E-state index contributed by atoms with van der Waals surface area (Å²) >= 11 is 5.76. The molecule has 0 aliphatic rings. The van der Waals surface area contributed by atoms with Gasteiger partial charge in [-0.25, -0.2) is 0 Å². The van der Waals surface area contributed by atoms with E-state index in [-0.39, 0.29) is 6.54 Å². The summed E-state index contributed by atoms with van der Waals surface area (Å²) in [5.41, 5.74) is 4.90. The molecule has 1 rings (SSSR count). The van der Waals surface area contributed by atoms with Crippen LogP contribution in [0.2, 0.25) is 5.02 Å². The van der Waals surface area contributed by atoms with Gasteiger partial charge >= 0.3 is 0 Å². The van der Waals surface area contributed by atoms with Gasteiger partial charge in [-0.05, 0) is 25.1 Å². The predicted molar refractivity (Wildman–Crippen MR) is 65.9 cm³/mol. The minimum atomic E-state index is -1.35. The molecule has 6 heteroatoms. The number of hydrogen-bond acceptors (Lipinski definition) is 4. The number of nitrogen functional groups attached to an aromatic ring is 1. The number of hydrogen-bond donors (Lipinski definition) is 4. The van der Waals surface area contributed by atoms with E-state index in [0.29, 0.717) is 16.3 Å². The smallest absolute Gasteiger partial charge is 0.251 e. The van der Waals surface area contributed by atoms with Crippen LogP contribution in [-0.2, 0) is 0 Å². The Morgan fingerprint density at radius 1 is 1.53 bits per heavy atom. The summed E-state index contributed by atoms with van der Waals surface area (Å²) < 4.78 is 0. The molecule has 1 aromatic rings. The first-order valence-electron chi connectivity index (χ1n) is 5.01. The van der Waals surface area contributed by atoms with Crippen LogP contribution in [0.3, 0.4) is 0 Å². The summed E-state index contributed by atoms with van der Waals surface area (Å²) in [6.45, 7) is 0.916. The molecule has 5 nitrogen and oxygen atoms in total. The van der Waals surface area contributed by atoms with Crippen molar-refractivity contribution in [2.24, 2.45) is 0 Å². The summed E-state index contributed by atoms with van der Waals surface area (Å²) in [5, 5.41) is 21.2. The first-order chi connectivity index (χ1) is 7.84. The number of aliphatic hydroxyl groups is 2. The lowest BCUT2D eigenvalue weighted by molar-refractivity contribution is 0.00320. The van der Waals surface area contributed by atoms with Gasteiger partial charge in [0.25, 0.3) is 5.91 Å². The third-order valence-electron chi connectivity index (χ3n) is 2.15. The van der Waals surface area contributed by atoms with Crippen molar-refractivity contribution in [2.75, 3.05) is 18.9 Å². The van der Waals surface area contributed by atoms with Crippen molar-refractivity contribution in [3.8, 4) is 0 Å². The Kier molecular flexibility index (Phi) is 4.34. The van der Waals surface area contributed by atoms with Crippen LogP contribution in [0.15, 0.2) is 18.2 Å². The lowest BCUT2D eigenvalue weighted by atomic mass is 10.1. The fourth-order valence-electron chi connectivity index (χ4n) is 1.17. The monoisotopic (exact) mass is 258 g/mol. The molecule has 0 aliphatic heterocycles. The van der Waals surface area contributed by atoms with E-state index in [1.54, 1.807) is 0 Å². The number of amides is 1. The van der Waals surface area contributed by atoms with Gasteiger partial charge in [0.05, 0.1) is 6.61 Å². The molecule has 0 saturated heterocycles. The maximum atomic E-state index is 11.7. The highest BCUT2D eigenvalue weighted by Crippen LogP contribution is 2.16. The molecule has 1 unspecified atom stereocenters. The van der Waals surface area contributed by atoms with Crippen LogP contribution in [-0.4, -0.2) is 34.9 Å². The highest BCUT2D eigenvalue weighted by Gasteiger charge is 2.20. The van der Waals surface area contributed by atoms with Gasteiger partial charge in [0, 0.05) is 22.8 Å². The zero-order valence-corrected chi connectivity index (χ0v) is 10.2. The number of carbonyl (C=O) groups is 1. The summed E-state index contributed by atoms with van der Waals surface area (Å²) in [6.07, 6.45) is 0. The number of rotatable bonds is 4. The van der Waals surface area contributed by atoms with E-state index in [1.807, 2.05) is 0 Å². The van der Waals surface area contributed by atoms with Crippen molar-refractivity contribution < 1.29 is 15.0 Å². The van der Waals surface area contributed by atoms with E-state index < -0.39 is 18.1 Å². The lowest BCUT2D eigenvalue weighted by Crippen LogP contribution is -2.43. The molecular formula is C11H15ClN2O3. The predicted octanol–water partition coefficient (Wildman–Crippen LogP) is 0.395. The Labute approximate surface area is 104 Å². The third-order valence-corrected chi connectivity index (χ3v) is 2.37. The average molecular weight is 259 g/mol. The van der Waals surface area contributed by atoms with Gasteiger partial charge in [-0.15, -0.1) is 0 Å². The van der Waals surface area contributed by atoms with Gasteiger partial charge < -0.3 is 21.3 Å². The highest BCUT2D eigenvalue weighted by molar-refractivity contribution is 6.31. The van der Waals surface area contributed by atoms with Crippen LogP contribution >= 0.6 is 11.6 Å². The van der Waals surface area contributed by atoms with Crippen molar-refractivity contribution in [3.63, 3.8) is 0 Å². The minimum absolute atomic E-state index is 0.0608. The molecule has 0 fully saturated rings. The lowest BCUT2D eigenvalue weighted by Gasteiger charge is -2.20. The molecule has 0 radical (unpaired) electrons. The summed E-state index contributed by atoms with van der Waals surface area (Å²) in [6, 6.07) is 4.48. The molecule has 5 N–H and O–H groups in total. The van der Waals surface area contributed by atoms with Crippen molar-refractivity contribution in [1.82, 2.24) is 5.32 Å². The van der Waals surface area contributed by atoms with E-state index in [2.05, 4.69) is 5.32 Å². The molecule has 0 bridgehead atoms. The summed E-state index contributed by atoms with van der Waals surface area (Å²) in [5.74, 6) is -0.409. The Hall–Kier alpha value is -1.30. The van der Waals surface area contributed by atoms with Crippen molar-refractivity contribution in [2.45, 2.75) is 12.5 Å². The maximum Gasteiger partial charge on any atom is 0.251 e. The normalized spacial score (nSPS) is 14.1. The molecule has 1 amide bonds. The average Bonchev–Trinajstić information content (AvgIpc) is 2.24. The number of halogens is 1. The van der Waals surface area contributed by atoms with Crippen LogP contribution in [0.25, 0.3) is 0 Å². The minimum Gasteiger partial charge on any atom is -0.399 e. The second-order valence-corrected chi connectivity index (χ2v) is 4.55. The molecule has 0 spiro atoms. The summed E-state index contributed by atoms with van der Waals surface area (Å²) in [7, 11) is 0. The van der Waals surface area contributed by atoms with Crippen molar-refractivity contribution in [3.05, 3.63) is 28.8 Å². The number of anilines is 1. The fourth-order valence-corrected chi connectivity index (χ4v) is 1.42. The Balaban J connectivity index is 2.70. The zero-order valence-electron chi connectivity index (χ0n) is 9.40. The van der Waals surface area contributed by atoms with Crippen LogP contribution in [0.4, 0.5) is 5.69 Å². The third kappa shape index (κ3) is 4.22. The van der Waals surface area contributed by atoms with Gasteiger partial charge in [-0.1, -0.05) is 11.6 Å². The van der Waals surface area contributed by atoms with Crippen LogP contribution in [0.1, 0.15) is 17.3 Å². The number of benzene rings is 1. The zero-order chi connectivity index (χ0) is 13.1. The van der Waals surface area contributed by atoms with E-state index in [0.717, 1.165) is 0 Å². The molecule has 0 saturated carbocycles. The van der Waals surface area contributed by atoms with Crippen molar-refractivity contribution in [1.29, 1.82) is 0 Å². The SMILES string of the molecule is CC(O)(CO)CNC(=O)c1cc(N)cc(Cl)c1. The van der Waals surface area contributed by atoms with Crippen molar-refractivity contribution >= 4 is 23.2 Å². The van der Waals surface area contributed by atoms with Gasteiger partial charge in [-0.2, -0.15) is 0 Å². The standard InChI is InChI=1S/C11H15ClN2O3/c1-11(17,6-15)5-14-10(16)7-2-8(12)4-9(13)3-7/h2-4,15,17H,5-6,13H2,1H3,(H,14,16). The molecule has 94 valence electrons. The van der Waals surface area contributed by atoms with E-state index in [4.69, 9.17) is 22.4 Å². The van der Waals surface area contributed by atoms with Crippen LogP contribution in [0, 0.1) is 0 Å². The van der Waals surface area contributed by atoms with E-state index >= 15 is 0 Å². The second-order valence-electron chi connectivity index (χ2n) is 4.11. The van der Waals surface area contributed by atoms with Gasteiger partial charge in [-0.3, -0.25) is 4.79 Å².